The predicted molar refractivity (Wildman–Crippen MR) is 88.2 cm³/mol. The van der Waals surface area contributed by atoms with Gasteiger partial charge in [-0.05, 0) is 63.2 Å². The van der Waals surface area contributed by atoms with Crippen LogP contribution in [0.3, 0.4) is 0 Å². The standard InChI is InChI=1S/C15H24N2OS.ClH/c1-3-13-11(2)9-14(19-13)15(18)17-8-6-12-5-4-7-16-10-12;/h9,12,16H,3-8,10H2,1-2H3,(H,17,18);1H. The third-order valence-electron chi connectivity index (χ3n) is 3.80. The number of nitrogens with one attached hydrogen (secondary N) is 2. The van der Waals surface area contributed by atoms with Crippen LogP contribution in [0.2, 0.25) is 0 Å². The van der Waals surface area contributed by atoms with Gasteiger partial charge in [-0.2, -0.15) is 0 Å². The van der Waals surface area contributed by atoms with Gasteiger partial charge in [0.2, 0.25) is 0 Å². The maximum absolute atomic E-state index is 12.1. The van der Waals surface area contributed by atoms with Gasteiger partial charge in [-0.3, -0.25) is 4.79 Å². The van der Waals surface area contributed by atoms with Gasteiger partial charge in [-0.25, -0.2) is 0 Å². The van der Waals surface area contributed by atoms with Gasteiger partial charge in [0.15, 0.2) is 0 Å². The SMILES string of the molecule is CCc1sc(C(=O)NCCC2CCCNC2)cc1C.Cl. The quantitative estimate of drug-likeness (QED) is 0.876. The molecule has 1 aromatic heterocycles. The molecule has 1 saturated heterocycles. The van der Waals surface area contributed by atoms with Crippen LogP contribution in [0.4, 0.5) is 0 Å². The van der Waals surface area contributed by atoms with Crippen molar-refractivity contribution < 1.29 is 4.79 Å². The molecule has 1 amide bonds. The van der Waals surface area contributed by atoms with Crippen molar-refractivity contribution in [1.82, 2.24) is 10.6 Å². The van der Waals surface area contributed by atoms with Crippen LogP contribution < -0.4 is 10.6 Å². The molecule has 114 valence electrons. The monoisotopic (exact) mass is 316 g/mol. The first-order chi connectivity index (χ1) is 9.20. The van der Waals surface area contributed by atoms with Crippen molar-refractivity contribution in [3.63, 3.8) is 0 Å². The summed E-state index contributed by atoms with van der Waals surface area (Å²) in [6, 6.07) is 2.01. The Balaban J connectivity index is 0.00000200. The van der Waals surface area contributed by atoms with Crippen molar-refractivity contribution in [1.29, 1.82) is 0 Å². The molecular weight excluding hydrogens is 292 g/mol. The van der Waals surface area contributed by atoms with E-state index in [1.54, 1.807) is 11.3 Å². The Bertz CT molecular complexity index is 428. The van der Waals surface area contributed by atoms with Crippen molar-refractivity contribution in [3.05, 3.63) is 21.4 Å². The van der Waals surface area contributed by atoms with Crippen molar-refractivity contribution in [3.8, 4) is 0 Å². The summed E-state index contributed by atoms with van der Waals surface area (Å²) in [6.07, 6.45) is 4.66. The fraction of sp³-hybridized carbons (Fsp3) is 0.667. The smallest absolute Gasteiger partial charge is 0.261 e. The summed E-state index contributed by atoms with van der Waals surface area (Å²) >= 11 is 1.63. The van der Waals surface area contributed by atoms with E-state index >= 15 is 0 Å². The van der Waals surface area contributed by atoms with Gasteiger partial charge >= 0.3 is 0 Å². The van der Waals surface area contributed by atoms with Crippen molar-refractivity contribution >= 4 is 29.7 Å². The summed E-state index contributed by atoms with van der Waals surface area (Å²) < 4.78 is 0. The van der Waals surface area contributed by atoms with Crippen LogP contribution in [0, 0.1) is 12.8 Å². The van der Waals surface area contributed by atoms with E-state index in [-0.39, 0.29) is 18.3 Å². The molecule has 2 N–H and O–H groups in total. The first-order valence-corrected chi connectivity index (χ1v) is 8.10. The van der Waals surface area contributed by atoms with Crippen LogP contribution in [0.5, 0.6) is 0 Å². The zero-order chi connectivity index (χ0) is 13.7. The third kappa shape index (κ3) is 4.76. The molecule has 0 radical (unpaired) electrons. The average molecular weight is 317 g/mol. The fourth-order valence-corrected chi connectivity index (χ4v) is 3.66. The summed E-state index contributed by atoms with van der Waals surface area (Å²) in [5.41, 5.74) is 1.24. The number of carbonyl (C=O) groups is 1. The molecule has 0 saturated carbocycles. The number of rotatable bonds is 5. The number of piperidine rings is 1. The van der Waals surface area contributed by atoms with E-state index in [0.29, 0.717) is 0 Å². The Morgan fingerprint density at radius 2 is 2.35 bits per heavy atom. The number of hydrogen-bond acceptors (Lipinski definition) is 3. The van der Waals surface area contributed by atoms with Gasteiger partial charge in [0.1, 0.15) is 0 Å². The molecule has 1 aromatic rings. The second-order valence-electron chi connectivity index (χ2n) is 5.33. The highest BCUT2D eigenvalue weighted by atomic mass is 35.5. The molecule has 0 bridgehead atoms. The van der Waals surface area contributed by atoms with E-state index < -0.39 is 0 Å². The maximum atomic E-state index is 12.1. The highest BCUT2D eigenvalue weighted by Gasteiger charge is 2.14. The van der Waals surface area contributed by atoms with Crippen molar-refractivity contribution in [2.24, 2.45) is 5.92 Å². The molecule has 1 unspecified atom stereocenters. The highest BCUT2D eigenvalue weighted by molar-refractivity contribution is 7.14. The Morgan fingerprint density at radius 1 is 1.55 bits per heavy atom. The van der Waals surface area contributed by atoms with E-state index in [9.17, 15) is 4.79 Å². The highest BCUT2D eigenvalue weighted by Crippen LogP contribution is 2.22. The lowest BCUT2D eigenvalue weighted by Crippen LogP contribution is -2.33. The molecule has 2 heterocycles. The summed E-state index contributed by atoms with van der Waals surface area (Å²) in [4.78, 5) is 14.2. The normalized spacial score (nSPS) is 18.4. The number of amides is 1. The first-order valence-electron chi connectivity index (χ1n) is 7.29. The van der Waals surface area contributed by atoms with E-state index in [0.717, 1.165) is 43.3 Å². The molecule has 2 rings (SSSR count). The predicted octanol–water partition coefficient (Wildman–Crippen LogP) is 3.16. The zero-order valence-electron chi connectivity index (χ0n) is 12.3. The molecule has 0 spiro atoms. The molecule has 3 nitrogen and oxygen atoms in total. The van der Waals surface area contributed by atoms with Gasteiger partial charge in [-0.1, -0.05) is 6.92 Å². The molecule has 1 fully saturated rings. The van der Waals surface area contributed by atoms with Gasteiger partial charge in [0.05, 0.1) is 4.88 Å². The lowest BCUT2D eigenvalue weighted by atomic mass is 9.96. The summed E-state index contributed by atoms with van der Waals surface area (Å²) in [6.45, 7) is 7.27. The second-order valence-corrected chi connectivity index (χ2v) is 6.46. The zero-order valence-corrected chi connectivity index (χ0v) is 14.0. The van der Waals surface area contributed by atoms with Gasteiger partial charge in [-0.15, -0.1) is 23.7 Å². The van der Waals surface area contributed by atoms with Crippen molar-refractivity contribution in [2.75, 3.05) is 19.6 Å². The Morgan fingerprint density at radius 3 is 2.95 bits per heavy atom. The summed E-state index contributed by atoms with van der Waals surface area (Å²) in [5.74, 6) is 0.821. The van der Waals surface area contributed by atoms with Gasteiger partial charge < -0.3 is 10.6 Å². The van der Waals surface area contributed by atoms with Crippen LogP contribution >= 0.6 is 23.7 Å². The lowest BCUT2D eigenvalue weighted by Gasteiger charge is -2.22. The third-order valence-corrected chi connectivity index (χ3v) is 5.18. The molecule has 1 aliphatic rings. The van der Waals surface area contributed by atoms with E-state index in [1.165, 1.54) is 23.3 Å². The number of aryl methyl sites for hydroxylation is 2. The molecule has 5 heteroatoms. The molecule has 1 aliphatic heterocycles. The van der Waals surface area contributed by atoms with Crippen LogP contribution in [0.15, 0.2) is 6.07 Å². The van der Waals surface area contributed by atoms with Gasteiger partial charge in [0, 0.05) is 11.4 Å². The van der Waals surface area contributed by atoms with Crippen LogP contribution in [0.25, 0.3) is 0 Å². The molecular formula is C15H25ClN2OS. The number of hydrogen-bond donors (Lipinski definition) is 2. The summed E-state index contributed by atoms with van der Waals surface area (Å²) in [5, 5.41) is 6.47. The minimum atomic E-state index is 0. The summed E-state index contributed by atoms with van der Waals surface area (Å²) in [7, 11) is 0. The maximum Gasteiger partial charge on any atom is 0.261 e. The average Bonchev–Trinajstić information content (AvgIpc) is 2.81. The number of halogens is 1. The van der Waals surface area contributed by atoms with Gasteiger partial charge in [0.25, 0.3) is 5.91 Å². The molecule has 0 aliphatic carbocycles. The Labute approximate surface area is 131 Å². The fourth-order valence-electron chi connectivity index (χ4n) is 2.63. The van der Waals surface area contributed by atoms with Crippen LogP contribution in [0.1, 0.15) is 46.3 Å². The number of carbonyl (C=O) groups excluding carboxylic acids is 1. The molecule has 0 aromatic carbocycles. The van der Waals surface area contributed by atoms with Crippen LogP contribution in [-0.4, -0.2) is 25.5 Å². The van der Waals surface area contributed by atoms with E-state index in [1.807, 2.05) is 6.07 Å². The Hall–Kier alpha value is -0.580. The minimum absolute atomic E-state index is 0. The molecule has 20 heavy (non-hydrogen) atoms. The lowest BCUT2D eigenvalue weighted by molar-refractivity contribution is 0.0954. The van der Waals surface area contributed by atoms with E-state index in [2.05, 4.69) is 24.5 Å². The van der Waals surface area contributed by atoms with Crippen LogP contribution in [-0.2, 0) is 6.42 Å². The Kier molecular flexibility index (Phi) is 7.56. The van der Waals surface area contributed by atoms with E-state index in [4.69, 9.17) is 0 Å². The molecule has 1 atom stereocenters. The van der Waals surface area contributed by atoms with Crippen molar-refractivity contribution in [2.45, 2.75) is 39.5 Å². The minimum Gasteiger partial charge on any atom is -0.351 e. The number of thiophene rings is 1. The second kappa shape index (κ2) is 8.65. The topological polar surface area (TPSA) is 41.1 Å². The first kappa shape index (κ1) is 17.5. The largest absolute Gasteiger partial charge is 0.351 e.